The van der Waals surface area contributed by atoms with E-state index < -0.39 is 5.25 Å². The van der Waals surface area contributed by atoms with Gasteiger partial charge in [0.05, 0.1) is 16.2 Å². The summed E-state index contributed by atoms with van der Waals surface area (Å²) in [6.07, 6.45) is 3.89. The SMILES string of the molecule is CC[C@H](Sc1nc2cc3c(cc2c(=O)n1CCC(=O)NCc1ccc2c(c1)OCO2)OCO3)C(=O)NCc1cccnc1. The van der Waals surface area contributed by atoms with Crippen molar-refractivity contribution in [2.45, 2.75) is 49.8 Å². The minimum atomic E-state index is -0.527. The summed E-state index contributed by atoms with van der Waals surface area (Å²) in [5.74, 6) is 1.83. The first-order valence-corrected chi connectivity index (χ1v) is 14.7. The van der Waals surface area contributed by atoms with Crippen molar-refractivity contribution in [2.75, 3.05) is 13.6 Å². The molecule has 0 spiro atoms. The molecule has 2 amide bonds. The van der Waals surface area contributed by atoms with Gasteiger partial charge in [0.2, 0.25) is 25.4 Å². The van der Waals surface area contributed by atoms with Gasteiger partial charge in [-0.3, -0.25) is 23.9 Å². The zero-order valence-corrected chi connectivity index (χ0v) is 24.1. The van der Waals surface area contributed by atoms with Crippen LogP contribution in [-0.4, -0.2) is 45.2 Å². The molecule has 2 N–H and O–H groups in total. The predicted molar refractivity (Wildman–Crippen MR) is 157 cm³/mol. The molecule has 222 valence electrons. The summed E-state index contributed by atoms with van der Waals surface area (Å²) in [7, 11) is 0. The molecule has 6 rings (SSSR count). The maximum absolute atomic E-state index is 13.7. The molecule has 0 bridgehead atoms. The Kier molecular flexibility index (Phi) is 8.31. The van der Waals surface area contributed by atoms with Crippen LogP contribution in [0.3, 0.4) is 0 Å². The summed E-state index contributed by atoms with van der Waals surface area (Å²) < 4.78 is 23.1. The highest BCUT2D eigenvalue weighted by Gasteiger charge is 2.24. The van der Waals surface area contributed by atoms with Crippen LogP contribution in [0, 0.1) is 0 Å². The molecular formula is C30H29N5O7S. The maximum atomic E-state index is 13.7. The van der Waals surface area contributed by atoms with Crippen molar-refractivity contribution in [2.24, 2.45) is 0 Å². The molecule has 4 aromatic rings. The fraction of sp³-hybridized carbons (Fsp3) is 0.300. The molecule has 2 aromatic heterocycles. The first-order valence-electron chi connectivity index (χ1n) is 13.8. The Balaban J connectivity index is 1.20. The highest BCUT2D eigenvalue weighted by molar-refractivity contribution is 8.00. The minimum absolute atomic E-state index is 0.0275. The quantitative estimate of drug-likeness (QED) is 0.194. The molecule has 13 heteroatoms. The second kappa shape index (κ2) is 12.6. The van der Waals surface area contributed by atoms with Gasteiger partial charge in [-0.1, -0.05) is 30.8 Å². The van der Waals surface area contributed by atoms with Gasteiger partial charge in [-0.15, -0.1) is 0 Å². The van der Waals surface area contributed by atoms with Crippen LogP contribution < -0.4 is 35.1 Å². The van der Waals surface area contributed by atoms with Crippen molar-refractivity contribution >= 4 is 34.5 Å². The van der Waals surface area contributed by atoms with Gasteiger partial charge in [-0.2, -0.15) is 0 Å². The third-order valence-electron chi connectivity index (χ3n) is 7.00. The number of thioether (sulfide) groups is 1. The maximum Gasteiger partial charge on any atom is 0.262 e. The number of nitrogens with zero attached hydrogens (tertiary/aromatic N) is 3. The Morgan fingerprint density at radius 2 is 1.70 bits per heavy atom. The van der Waals surface area contributed by atoms with Crippen LogP contribution >= 0.6 is 11.8 Å². The van der Waals surface area contributed by atoms with Gasteiger partial charge in [0, 0.05) is 44.5 Å². The van der Waals surface area contributed by atoms with E-state index >= 15 is 0 Å². The van der Waals surface area contributed by atoms with E-state index in [4.69, 9.17) is 23.9 Å². The van der Waals surface area contributed by atoms with Gasteiger partial charge in [0.1, 0.15) is 0 Å². The Bertz CT molecular complexity index is 1730. The van der Waals surface area contributed by atoms with Crippen LogP contribution in [0.25, 0.3) is 10.9 Å². The molecule has 2 aliphatic rings. The Labute approximate surface area is 250 Å². The summed E-state index contributed by atoms with van der Waals surface area (Å²) >= 11 is 1.19. The summed E-state index contributed by atoms with van der Waals surface area (Å²) in [6, 6.07) is 12.4. The third-order valence-corrected chi connectivity index (χ3v) is 8.36. The molecule has 0 aliphatic carbocycles. The van der Waals surface area contributed by atoms with Crippen LogP contribution in [0.4, 0.5) is 0 Å². The van der Waals surface area contributed by atoms with E-state index in [-0.39, 0.29) is 43.9 Å². The van der Waals surface area contributed by atoms with E-state index in [9.17, 15) is 14.4 Å². The van der Waals surface area contributed by atoms with Crippen LogP contribution in [0.15, 0.2) is 64.8 Å². The second-order valence-corrected chi connectivity index (χ2v) is 11.1. The smallest absolute Gasteiger partial charge is 0.262 e. The van der Waals surface area contributed by atoms with Crippen LogP contribution in [0.1, 0.15) is 30.9 Å². The number of fused-ring (bicyclic) bond motifs is 3. The lowest BCUT2D eigenvalue weighted by Gasteiger charge is -2.18. The molecule has 43 heavy (non-hydrogen) atoms. The number of aromatic nitrogens is 3. The van der Waals surface area contributed by atoms with Crippen LogP contribution in [0.2, 0.25) is 0 Å². The molecule has 2 aromatic carbocycles. The lowest BCUT2D eigenvalue weighted by atomic mass is 10.2. The normalized spacial score (nSPS) is 13.6. The highest BCUT2D eigenvalue weighted by Crippen LogP contribution is 2.36. The summed E-state index contributed by atoms with van der Waals surface area (Å²) in [6.45, 7) is 2.81. The number of nitrogens with one attached hydrogen (secondary N) is 2. The Hall–Kier alpha value is -4.78. The first-order chi connectivity index (χ1) is 21.0. The van der Waals surface area contributed by atoms with Gasteiger partial charge >= 0.3 is 0 Å². The fourth-order valence-corrected chi connectivity index (χ4v) is 5.75. The first kappa shape index (κ1) is 28.3. The number of carbonyl (C=O) groups excluding carboxylic acids is 2. The molecule has 0 saturated heterocycles. The predicted octanol–water partition coefficient (Wildman–Crippen LogP) is 3.14. The molecule has 0 fully saturated rings. The zero-order chi connectivity index (χ0) is 29.8. The van der Waals surface area contributed by atoms with Crippen molar-refractivity contribution in [3.63, 3.8) is 0 Å². The topological polar surface area (TPSA) is 143 Å². The standard InChI is InChI=1S/C30H29N5O7S/c1-2-26(28(37)33-15-19-4-3-8-31-13-19)43-30-34-21-12-25-24(41-17-42-25)11-20(21)29(38)35(30)9-7-27(36)32-14-18-5-6-22-23(10-18)40-16-39-22/h3-6,8,10-13,26H,2,7,9,14-17H2,1H3,(H,32,36)(H,33,37)/t26-/m0/s1. The molecule has 4 heterocycles. The van der Waals surface area contributed by atoms with Crippen molar-refractivity contribution in [1.29, 1.82) is 0 Å². The summed E-state index contributed by atoms with van der Waals surface area (Å²) in [5, 5.41) is 5.98. The van der Waals surface area contributed by atoms with Crippen molar-refractivity contribution in [1.82, 2.24) is 25.2 Å². The Morgan fingerprint density at radius 1 is 0.953 bits per heavy atom. The average molecular weight is 604 g/mol. The van der Waals surface area contributed by atoms with Crippen molar-refractivity contribution < 1.29 is 28.5 Å². The van der Waals surface area contributed by atoms with E-state index in [0.29, 0.717) is 58.6 Å². The van der Waals surface area contributed by atoms with Crippen molar-refractivity contribution in [3.05, 3.63) is 76.3 Å². The van der Waals surface area contributed by atoms with Crippen LogP contribution in [0.5, 0.6) is 23.0 Å². The van der Waals surface area contributed by atoms with Gasteiger partial charge in [-0.05, 0) is 41.8 Å². The lowest BCUT2D eigenvalue weighted by molar-refractivity contribution is -0.122. The van der Waals surface area contributed by atoms with Gasteiger partial charge in [0.15, 0.2) is 28.2 Å². The van der Waals surface area contributed by atoms with E-state index in [1.165, 1.54) is 16.3 Å². The number of benzene rings is 2. The third kappa shape index (κ3) is 6.36. The van der Waals surface area contributed by atoms with Crippen molar-refractivity contribution in [3.8, 4) is 23.0 Å². The number of rotatable bonds is 11. The average Bonchev–Trinajstić information content (AvgIpc) is 3.69. The number of hydrogen-bond donors (Lipinski definition) is 2. The number of hydrogen-bond acceptors (Lipinski definition) is 10. The molecule has 2 aliphatic heterocycles. The molecule has 0 radical (unpaired) electrons. The minimum Gasteiger partial charge on any atom is -0.454 e. The molecule has 1 atom stereocenters. The molecule has 0 saturated carbocycles. The summed E-state index contributed by atoms with van der Waals surface area (Å²) in [4.78, 5) is 48.6. The number of amides is 2. The zero-order valence-electron chi connectivity index (χ0n) is 23.3. The molecule has 0 unspecified atom stereocenters. The van der Waals surface area contributed by atoms with E-state index in [1.807, 2.05) is 31.2 Å². The van der Waals surface area contributed by atoms with Gasteiger partial charge in [-0.25, -0.2) is 4.98 Å². The van der Waals surface area contributed by atoms with Crippen LogP contribution in [-0.2, 0) is 29.2 Å². The van der Waals surface area contributed by atoms with E-state index in [1.54, 1.807) is 30.6 Å². The number of ether oxygens (including phenoxy) is 4. The Morgan fingerprint density at radius 3 is 2.47 bits per heavy atom. The fourth-order valence-electron chi connectivity index (χ4n) is 4.69. The van der Waals surface area contributed by atoms with E-state index in [2.05, 4.69) is 15.6 Å². The number of carbonyl (C=O) groups is 2. The second-order valence-electron chi connectivity index (χ2n) is 9.88. The monoisotopic (exact) mass is 603 g/mol. The largest absolute Gasteiger partial charge is 0.454 e. The molecular weight excluding hydrogens is 574 g/mol. The van der Waals surface area contributed by atoms with Gasteiger partial charge in [0.25, 0.3) is 5.56 Å². The van der Waals surface area contributed by atoms with Gasteiger partial charge < -0.3 is 29.6 Å². The summed E-state index contributed by atoms with van der Waals surface area (Å²) in [5.41, 5.74) is 1.82. The highest BCUT2D eigenvalue weighted by atomic mass is 32.2. The number of pyridine rings is 1. The lowest BCUT2D eigenvalue weighted by Crippen LogP contribution is -2.33. The van der Waals surface area contributed by atoms with E-state index in [0.717, 1.165) is 11.1 Å². The molecule has 12 nitrogen and oxygen atoms in total.